The zero-order valence-corrected chi connectivity index (χ0v) is 18.9. The molecule has 0 bridgehead atoms. The Morgan fingerprint density at radius 2 is 1.86 bits per heavy atom. The fourth-order valence-electron chi connectivity index (χ4n) is 2.83. The molecule has 1 aliphatic heterocycles. The van der Waals surface area contributed by atoms with E-state index in [0.717, 1.165) is 44.4 Å². The molecule has 1 saturated heterocycles. The molecule has 152 valence electrons. The number of ether oxygens (including phenoxy) is 2. The van der Waals surface area contributed by atoms with E-state index < -0.39 is 0 Å². The van der Waals surface area contributed by atoms with Gasteiger partial charge in [0.15, 0.2) is 0 Å². The van der Waals surface area contributed by atoms with Gasteiger partial charge >= 0.3 is 0 Å². The van der Waals surface area contributed by atoms with Gasteiger partial charge in [0, 0.05) is 0 Å². The number of hydrogen-bond acceptors (Lipinski definition) is 5. The smallest absolute Gasteiger partial charge is 0.293 e. The number of halogens is 1. The van der Waals surface area contributed by atoms with Crippen LogP contribution < -0.4 is 9.47 Å². The van der Waals surface area contributed by atoms with Crippen LogP contribution in [0.3, 0.4) is 0 Å². The second-order valence-corrected chi connectivity index (χ2v) is 8.42. The molecule has 2 aromatic carbocycles. The largest absolute Gasteiger partial charge is 0.493 e. The van der Waals surface area contributed by atoms with E-state index >= 15 is 0 Å². The third-order valence-electron chi connectivity index (χ3n) is 4.34. The minimum absolute atomic E-state index is 0.211. The summed E-state index contributed by atoms with van der Waals surface area (Å²) in [5.74, 6) is 1.21. The second kappa shape index (κ2) is 9.50. The first-order chi connectivity index (χ1) is 13.9. The molecule has 0 aliphatic carbocycles. The van der Waals surface area contributed by atoms with Gasteiger partial charge in [0.25, 0.3) is 11.1 Å². The molecule has 3 rings (SSSR count). The number of amides is 2. The monoisotopic (exact) mass is 475 g/mol. The van der Waals surface area contributed by atoms with E-state index in [0.29, 0.717) is 11.5 Å². The number of aryl methyl sites for hydroxylation is 2. The highest BCUT2D eigenvalue weighted by Gasteiger charge is 2.34. The maximum Gasteiger partial charge on any atom is 0.293 e. The summed E-state index contributed by atoms with van der Waals surface area (Å²) >= 11 is 4.41. The number of thioether (sulfide) groups is 1. The molecule has 0 saturated carbocycles. The number of carbonyl (C=O) groups excluding carboxylic acids is 2. The molecule has 0 atom stereocenters. The van der Waals surface area contributed by atoms with Crippen molar-refractivity contribution in [3.63, 3.8) is 0 Å². The molecule has 29 heavy (non-hydrogen) atoms. The minimum atomic E-state index is -0.297. The van der Waals surface area contributed by atoms with Crippen LogP contribution in [0.15, 0.2) is 45.8 Å². The van der Waals surface area contributed by atoms with E-state index in [-0.39, 0.29) is 24.3 Å². The van der Waals surface area contributed by atoms with Gasteiger partial charge in [-0.1, -0.05) is 18.2 Å². The lowest BCUT2D eigenvalue weighted by Gasteiger charge is -2.14. The minimum Gasteiger partial charge on any atom is -0.493 e. The molecule has 0 unspecified atom stereocenters. The molecule has 0 N–H and O–H groups in total. The van der Waals surface area contributed by atoms with Crippen molar-refractivity contribution in [3.8, 4) is 11.5 Å². The Balaban J connectivity index is 1.65. The van der Waals surface area contributed by atoms with Crippen LogP contribution in [0.5, 0.6) is 11.5 Å². The average molecular weight is 476 g/mol. The number of rotatable bonds is 7. The zero-order chi connectivity index (χ0) is 21.0. The van der Waals surface area contributed by atoms with Gasteiger partial charge in [-0.2, -0.15) is 0 Å². The summed E-state index contributed by atoms with van der Waals surface area (Å²) in [4.78, 5) is 26.6. The number of nitrogens with zero attached hydrogens (tertiary/aromatic N) is 1. The van der Waals surface area contributed by atoms with Crippen molar-refractivity contribution in [2.75, 3.05) is 19.8 Å². The molecule has 2 amide bonds. The van der Waals surface area contributed by atoms with Crippen molar-refractivity contribution >= 4 is 44.9 Å². The molecule has 0 aromatic heterocycles. The van der Waals surface area contributed by atoms with Crippen molar-refractivity contribution in [2.45, 2.75) is 20.8 Å². The van der Waals surface area contributed by atoms with Crippen molar-refractivity contribution in [1.82, 2.24) is 4.90 Å². The Kier molecular flexibility index (Phi) is 7.03. The normalized spacial score (nSPS) is 15.3. The highest BCUT2D eigenvalue weighted by molar-refractivity contribution is 9.10. The fourth-order valence-corrected chi connectivity index (χ4v) is 4.21. The Morgan fingerprint density at radius 3 is 2.59 bits per heavy atom. The fraction of sp³-hybridized carbons (Fsp3) is 0.273. The molecule has 0 radical (unpaired) electrons. The summed E-state index contributed by atoms with van der Waals surface area (Å²) in [5, 5.41) is -0.282. The Morgan fingerprint density at radius 1 is 1.07 bits per heavy atom. The summed E-state index contributed by atoms with van der Waals surface area (Å²) in [5.41, 5.74) is 2.93. The van der Waals surface area contributed by atoms with Gasteiger partial charge in [-0.15, -0.1) is 0 Å². The van der Waals surface area contributed by atoms with Gasteiger partial charge in [-0.25, -0.2) is 0 Å². The summed E-state index contributed by atoms with van der Waals surface area (Å²) < 4.78 is 12.1. The van der Waals surface area contributed by atoms with Gasteiger partial charge < -0.3 is 9.47 Å². The van der Waals surface area contributed by atoms with E-state index in [2.05, 4.69) is 15.9 Å². The lowest BCUT2D eigenvalue weighted by Crippen LogP contribution is -2.32. The molecule has 1 fully saturated rings. The summed E-state index contributed by atoms with van der Waals surface area (Å²) in [6.07, 6.45) is 1.72. The molecule has 5 nitrogen and oxygen atoms in total. The van der Waals surface area contributed by atoms with Crippen LogP contribution in [0.25, 0.3) is 6.08 Å². The average Bonchev–Trinajstić information content (AvgIpc) is 2.94. The number of carbonyl (C=O) groups is 2. The molecular formula is C22H22BrNO4S. The molecule has 1 heterocycles. The molecule has 7 heteroatoms. The highest BCUT2D eigenvalue weighted by atomic mass is 79.9. The van der Waals surface area contributed by atoms with E-state index in [9.17, 15) is 9.59 Å². The van der Waals surface area contributed by atoms with E-state index in [4.69, 9.17) is 9.47 Å². The topological polar surface area (TPSA) is 55.8 Å². The summed E-state index contributed by atoms with van der Waals surface area (Å²) in [7, 11) is 0. The Hall–Kier alpha value is -2.25. The second-order valence-electron chi connectivity index (χ2n) is 6.57. The predicted octanol–water partition coefficient (Wildman–Crippen LogP) is 5.58. The van der Waals surface area contributed by atoms with E-state index in [1.807, 2.05) is 57.2 Å². The lowest BCUT2D eigenvalue weighted by molar-refractivity contribution is -0.123. The SMILES string of the molecule is CCOc1ccc(/C=C2\SC(=O)N(CCOc3cc(C)ccc3C)C2=O)cc1Br. The molecule has 1 aliphatic rings. The molecule has 0 spiro atoms. The van der Waals surface area contributed by atoms with E-state index in [1.54, 1.807) is 6.08 Å². The van der Waals surface area contributed by atoms with Crippen LogP contribution in [0.2, 0.25) is 0 Å². The number of hydrogen-bond donors (Lipinski definition) is 0. The van der Waals surface area contributed by atoms with Gasteiger partial charge in [0.2, 0.25) is 0 Å². The third-order valence-corrected chi connectivity index (χ3v) is 5.87. The first-order valence-electron chi connectivity index (χ1n) is 9.27. The molecule has 2 aromatic rings. The predicted molar refractivity (Wildman–Crippen MR) is 119 cm³/mol. The van der Waals surface area contributed by atoms with Gasteiger partial charge in [-0.05, 0) is 89.4 Å². The van der Waals surface area contributed by atoms with Crippen LogP contribution in [0.1, 0.15) is 23.6 Å². The Bertz CT molecular complexity index is 973. The van der Waals surface area contributed by atoms with Crippen molar-refractivity contribution < 1.29 is 19.1 Å². The molecular weight excluding hydrogens is 454 g/mol. The van der Waals surface area contributed by atoms with Crippen LogP contribution in [0.4, 0.5) is 4.79 Å². The summed E-state index contributed by atoms with van der Waals surface area (Å²) in [6.45, 7) is 6.91. The maximum atomic E-state index is 12.7. The lowest BCUT2D eigenvalue weighted by atomic mass is 10.1. The highest BCUT2D eigenvalue weighted by Crippen LogP contribution is 2.34. The van der Waals surface area contributed by atoms with Crippen LogP contribution >= 0.6 is 27.7 Å². The zero-order valence-electron chi connectivity index (χ0n) is 16.5. The van der Waals surface area contributed by atoms with Crippen molar-refractivity contribution in [1.29, 1.82) is 0 Å². The third kappa shape index (κ3) is 5.22. The van der Waals surface area contributed by atoms with Gasteiger partial charge in [-0.3, -0.25) is 14.5 Å². The first kappa shape index (κ1) is 21.5. The first-order valence-corrected chi connectivity index (χ1v) is 10.9. The number of imide groups is 1. The quantitative estimate of drug-likeness (QED) is 0.489. The van der Waals surface area contributed by atoms with Crippen LogP contribution in [-0.2, 0) is 4.79 Å². The Labute approximate surface area is 183 Å². The summed E-state index contributed by atoms with van der Waals surface area (Å²) in [6, 6.07) is 11.5. The van der Waals surface area contributed by atoms with Crippen LogP contribution in [0, 0.1) is 13.8 Å². The van der Waals surface area contributed by atoms with Gasteiger partial charge in [0.1, 0.15) is 18.1 Å². The maximum absolute atomic E-state index is 12.7. The van der Waals surface area contributed by atoms with Crippen LogP contribution in [-0.4, -0.2) is 35.8 Å². The number of benzene rings is 2. The van der Waals surface area contributed by atoms with Gasteiger partial charge in [0.05, 0.1) is 22.5 Å². The van der Waals surface area contributed by atoms with Crippen molar-refractivity contribution in [3.05, 3.63) is 62.5 Å². The van der Waals surface area contributed by atoms with E-state index in [1.165, 1.54) is 4.90 Å². The van der Waals surface area contributed by atoms with Crippen molar-refractivity contribution in [2.24, 2.45) is 0 Å². The standard InChI is InChI=1S/C22H22BrNO4S/c1-4-27-18-8-7-16(12-17(18)23)13-20-21(25)24(22(26)29-20)9-10-28-19-11-14(2)5-6-15(19)3/h5-8,11-13H,4,9-10H2,1-3H3/b20-13-.